The summed E-state index contributed by atoms with van der Waals surface area (Å²) in [6.07, 6.45) is 8.12. The summed E-state index contributed by atoms with van der Waals surface area (Å²) in [4.78, 5) is 2.51. The van der Waals surface area contributed by atoms with Crippen LogP contribution in [0.15, 0.2) is 48.5 Å². The Morgan fingerprint density at radius 3 is 2.53 bits per heavy atom. The lowest BCUT2D eigenvalue weighted by Crippen LogP contribution is -2.62. The van der Waals surface area contributed by atoms with Crippen LogP contribution in [0.5, 0.6) is 5.75 Å². The third-order valence-corrected chi connectivity index (χ3v) is 9.26. The molecule has 2 aromatic rings. The van der Waals surface area contributed by atoms with E-state index in [9.17, 15) is 10.2 Å². The number of aryl methyl sites for hydroxylation is 1. The maximum absolute atomic E-state index is 11.8. The molecule has 4 nitrogen and oxygen atoms in total. The van der Waals surface area contributed by atoms with Crippen molar-refractivity contribution in [2.45, 2.75) is 81.8 Å². The average molecular weight is 464 g/mol. The smallest absolute Gasteiger partial charge is 0.119 e. The third-order valence-electron chi connectivity index (χ3n) is 9.26. The summed E-state index contributed by atoms with van der Waals surface area (Å²) in [6.45, 7) is 8.21. The van der Waals surface area contributed by atoms with E-state index in [1.807, 2.05) is 37.3 Å². The second-order valence-electron chi connectivity index (χ2n) is 11.2. The summed E-state index contributed by atoms with van der Waals surface area (Å²) in [6, 6.07) is 16.4. The van der Waals surface area contributed by atoms with E-state index in [1.165, 1.54) is 43.5 Å². The molecule has 4 atom stereocenters. The van der Waals surface area contributed by atoms with Gasteiger partial charge in [-0.3, -0.25) is 4.90 Å². The quantitative estimate of drug-likeness (QED) is 0.619. The maximum atomic E-state index is 11.8. The van der Waals surface area contributed by atoms with Crippen molar-refractivity contribution in [3.05, 3.63) is 65.2 Å². The molecule has 2 aromatic carbocycles. The van der Waals surface area contributed by atoms with E-state index >= 15 is 0 Å². The van der Waals surface area contributed by atoms with Crippen LogP contribution in [0, 0.1) is 5.92 Å². The predicted molar refractivity (Wildman–Crippen MR) is 136 cm³/mol. The van der Waals surface area contributed by atoms with Crippen LogP contribution < -0.4 is 4.74 Å². The number of aliphatic hydroxyl groups is 2. The van der Waals surface area contributed by atoms with Gasteiger partial charge in [-0.05, 0) is 99.7 Å². The maximum Gasteiger partial charge on any atom is 0.119 e. The van der Waals surface area contributed by atoms with Crippen LogP contribution in [0.3, 0.4) is 0 Å². The van der Waals surface area contributed by atoms with E-state index in [-0.39, 0.29) is 5.41 Å². The molecular weight excluding hydrogens is 422 g/mol. The van der Waals surface area contributed by atoms with Crippen molar-refractivity contribution in [1.82, 2.24) is 4.90 Å². The van der Waals surface area contributed by atoms with Crippen LogP contribution in [-0.2, 0) is 17.4 Å². The van der Waals surface area contributed by atoms with Crippen molar-refractivity contribution in [3.63, 3.8) is 0 Å². The van der Waals surface area contributed by atoms with Gasteiger partial charge in [-0.15, -0.1) is 0 Å². The minimum atomic E-state index is -1.23. The Labute approximate surface area is 205 Å². The Morgan fingerprint density at radius 1 is 1.03 bits per heavy atom. The molecule has 0 bridgehead atoms. The summed E-state index contributed by atoms with van der Waals surface area (Å²) >= 11 is 0. The van der Waals surface area contributed by atoms with Crippen LogP contribution in [0.2, 0.25) is 0 Å². The Hall–Kier alpha value is -1.88. The lowest BCUT2D eigenvalue weighted by atomic mass is 9.49. The summed E-state index contributed by atoms with van der Waals surface area (Å²) in [5.74, 6) is 1.30. The number of hydrogen-bond donors (Lipinski definition) is 2. The van der Waals surface area contributed by atoms with Crippen LogP contribution in [-0.4, -0.2) is 47.0 Å². The molecule has 0 radical (unpaired) electrons. The van der Waals surface area contributed by atoms with Crippen molar-refractivity contribution in [2.75, 3.05) is 26.2 Å². The Balaban J connectivity index is 1.37. The van der Waals surface area contributed by atoms with E-state index in [1.54, 1.807) is 0 Å². The molecule has 1 saturated carbocycles. The van der Waals surface area contributed by atoms with Gasteiger partial charge in [0.25, 0.3) is 0 Å². The normalized spacial score (nSPS) is 33.7. The molecule has 0 amide bonds. The van der Waals surface area contributed by atoms with Gasteiger partial charge in [0.15, 0.2) is 0 Å². The minimum absolute atomic E-state index is 0.121. The van der Waals surface area contributed by atoms with Gasteiger partial charge in [-0.25, -0.2) is 0 Å². The van der Waals surface area contributed by atoms with E-state index in [0.717, 1.165) is 43.7 Å². The van der Waals surface area contributed by atoms with Gasteiger partial charge in [-0.2, -0.15) is 0 Å². The molecule has 1 saturated heterocycles. The van der Waals surface area contributed by atoms with E-state index in [0.29, 0.717) is 18.8 Å². The lowest BCUT2D eigenvalue weighted by molar-refractivity contribution is -0.205. The minimum Gasteiger partial charge on any atom is -0.492 e. The van der Waals surface area contributed by atoms with Crippen molar-refractivity contribution >= 4 is 0 Å². The number of likely N-dealkylation sites (tertiary alicyclic amines) is 1. The summed E-state index contributed by atoms with van der Waals surface area (Å²) in [5, 5.41) is 23.6. The second-order valence-corrected chi connectivity index (χ2v) is 11.2. The van der Waals surface area contributed by atoms with Crippen LogP contribution in [0.1, 0.15) is 75.5 Å². The number of hydrogen-bond acceptors (Lipinski definition) is 4. The predicted octanol–water partition coefficient (Wildman–Crippen LogP) is 5.19. The molecule has 184 valence electrons. The highest BCUT2D eigenvalue weighted by atomic mass is 16.5. The van der Waals surface area contributed by atoms with E-state index in [4.69, 9.17) is 4.74 Å². The first-order chi connectivity index (χ1) is 16.4. The standard InChI is InChI=1S/C30H41NO3/c1-3-29-22-28(2,32)30(33,24-10-6-4-7-11-24)21-25(29)13-12-23-20-26(14-15-27(23)29)34-19-18-31-16-8-5-9-17-31/h4,6-7,10-11,14-15,20,25,32-33H,3,5,8-9,12-13,16-19,21-22H2,1-2H3. The van der Waals surface area contributed by atoms with Crippen LogP contribution in [0.25, 0.3) is 0 Å². The number of ether oxygens (including phenoxy) is 1. The van der Waals surface area contributed by atoms with Crippen molar-refractivity contribution in [2.24, 2.45) is 5.92 Å². The first-order valence-corrected chi connectivity index (χ1v) is 13.4. The summed E-state index contributed by atoms with van der Waals surface area (Å²) < 4.78 is 6.18. The number of benzene rings is 2. The van der Waals surface area contributed by atoms with Gasteiger partial charge >= 0.3 is 0 Å². The molecule has 34 heavy (non-hydrogen) atoms. The fourth-order valence-electron chi connectivity index (χ4n) is 7.27. The van der Waals surface area contributed by atoms with Crippen LogP contribution in [0.4, 0.5) is 0 Å². The van der Waals surface area contributed by atoms with Gasteiger partial charge in [-0.1, -0.05) is 49.7 Å². The Bertz CT molecular complexity index is 984. The summed E-state index contributed by atoms with van der Waals surface area (Å²) in [7, 11) is 0. The average Bonchev–Trinajstić information content (AvgIpc) is 2.86. The molecule has 0 aromatic heterocycles. The first kappa shape index (κ1) is 23.8. The number of fused-ring (bicyclic) bond motifs is 3. The molecular formula is C30H41NO3. The first-order valence-electron chi connectivity index (χ1n) is 13.4. The summed E-state index contributed by atoms with van der Waals surface area (Å²) in [5.41, 5.74) is 0.975. The van der Waals surface area contributed by atoms with Crippen LogP contribution >= 0.6 is 0 Å². The molecule has 2 N–H and O–H groups in total. The van der Waals surface area contributed by atoms with E-state index in [2.05, 4.69) is 30.0 Å². The SMILES string of the molecule is CCC12CC(C)(O)C(O)(c3ccccc3)CC1CCc1cc(OCCN3CCCCC3)ccc12. The van der Waals surface area contributed by atoms with Gasteiger partial charge in [0.1, 0.15) is 18.0 Å². The van der Waals surface area contributed by atoms with E-state index < -0.39 is 11.2 Å². The number of piperidine rings is 1. The molecule has 1 aliphatic heterocycles. The molecule has 4 heteroatoms. The highest BCUT2D eigenvalue weighted by Gasteiger charge is 2.60. The molecule has 0 spiro atoms. The highest BCUT2D eigenvalue weighted by Crippen LogP contribution is 2.60. The number of rotatable bonds is 6. The molecule has 2 fully saturated rings. The fraction of sp³-hybridized carbons (Fsp3) is 0.600. The van der Waals surface area contributed by atoms with Gasteiger partial charge in [0.05, 0.1) is 5.60 Å². The van der Waals surface area contributed by atoms with Crippen molar-refractivity contribution < 1.29 is 14.9 Å². The molecule has 3 aliphatic rings. The highest BCUT2D eigenvalue weighted by molar-refractivity contribution is 5.45. The fourth-order valence-corrected chi connectivity index (χ4v) is 7.27. The molecule has 5 rings (SSSR count). The topological polar surface area (TPSA) is 52.9 Å². The lowest BCUT2D eigenvalue weighted by Gasteiger charge is -2.59. The largest absolute Gasteiger partial charge is 0.492 e. The number of nitrogens with zero attached hydrogens (tertiary/aromatic N) is 1. The zero-order chi connectivity index (χ0) is 23.8. The van der Waals surface area contributed by atoms with Gasteiger partial charge in [0, 0.05) is 12.0 Å². The van der Waals surface area contributed by atoms with Gasteiger partial charge in [0.2, 0.25) is 0 Å². The zero-order valence-electron chi connectivity index (χ0n) is 20.9. The van der Waals surface area contributed by atoms with Crippen molar-refractivity contribution in [3.8, 4) is 5.75 Å². The van der Waals surface area contributed by atoms with Gasteiger partial charge < -0.3 is 14.9 Å². The Kier molecular flexibility index (Phi) is 6.52. The molecule has 1 heterocycles. The Morgan fingerprint density at radius 2 is 1.79 bits per heavy atom. The molecule has 4 unspecified atom stereocenters. The van der Waals surface area contributed by atoms with Crippen molar-refractivity contribution in [1.29, 1.82) is 0 Å². The molecule has 2 aliphatic carbocycles. The zero-order valence-corrected chi connectivity index (χ0v) is 20.9. The third kappa shape index (κ3) is 4.08. The second kappa shape index (κ2) is 9.29. The monoisotopic (exact) mass is 463 g/mol.